The highest BCUT2D eigenvalue weighted by molar-refractivity contribution is 5.90. The summed E-state index contributed by atoms with van der Waals surface area (Å²) in [7, 11) is 0. The fraction of sp³-hybridized carbons (Fsp3) is 0.211. The summed E-state index contributed by atoms with van der Waals surface area (Å²) in [4.78, 5) is 12.5. The van der Waals surface area contributed by atoms with E-state index < -0.39 is 5.92 Å². The van der Waals surface area contributed by atoms with Gasteiger partial charge in [0.25, 0.3) is 0 Å². The Bertz CT molecular complexity index is 913. The van der Waals surface area contributed by atoms with Crippen LogP contribution in [0.15, 0.2) is 59.2 Å². The Morgan fingerprint density at radius 3 is 2.46 bits per heavy atom. The van der Waals surface area contributed by atoms with E-state index in [9.17, 15) is 10.5 Å². The highest BCUT2D eigenvalue weighted by Gasteiger charge is 2.33. The topological polar surface area (TPSA) is 85.7 Å². The lowest BCUT2D eigenvalue weighted by Gasteiger charge is -2.27. The van der Waals surface area contributed by atoms with Gasteiger partial charge in [0, 0.05) is 29.6 Å². The number of allylic oxidation sites excluding steroid dienone is 2. The second-order valence-electron chi connectivity index (χ2n) is 5.70. The third-order valence-corrected chi connectivity index (χ3v) is 4.23. The van der Waals surface area contributed by atoms with Gasteiger partial charge in [-0.2, -0.15) is 10.5 Å². The molecular formula is C19H15N5. The minimum atomic E-state index is -0.439. The van der Waals surface area contributed by atoms with E-state index in [4.69, 9.17) is 0 Å². The highest BCUT2D eigenvalue weighted by Crippen LogP contribution is 2.39. The van der Waals surface area contributed by atoms with Crippen LogP contribution in [0.5, 0.6) is 0 Å². The van der Waals surface area contributed by atoms with Crippen LogP contribution < -0.4 is 0 Å². The first-order valence-electron chi connectivity index (χ1n) is 7.56. The van der Waals surface area contributed by atoms with E-state index in [1.54, 1.807) is 12.4 Å². The molecule has 2 unspecified atom stereocenters. The molecule has 0 saturated carbocycles. The van der Waals surface area contributed by atoms with Crippen LogP contribution in [0.25, 0.3) is 11.1 Å². The summed E-state index contributed by atoms with van der Waals surface area (Å²) in [5, 5.41) is 19.2. The summed E-state index contributed by atoms with van der Waals surface area (Å²) < 4.78 is 0. The van der Waals surface area contributed by atoms with E-state index in [0.717, 1.165) is 22.4 Å². The predicted octanol–water partition coefficient (Wildman–Crippen LogP) is 3.64. The third kappa shape index (κ3) is 2.68. The number of aromatic nitrogens is 2. The molecule has 0 radical (unpaired) electrons. The first-order valence-corrected chi connectivity index (χ1v) is 7.56. The molecule has 2 heterocycles. The zero-order valence-corrected chi connectivity index (χ0v) is 13.4. The molecule has 0 N–H and O–H groups in total. The van der Waals surface area contributed by atoms with Crippen molar-refractivity contribution in [2.24, 2.45) is 10.9 Å². The van der Waals surface area contributed by atoms with Crippen LogP contribution in [0.2, 0.25) is 0 Å². The molecule has 1 aliphatic rings. The van der Waals surface area contributed by atoms with Crippen LogP contribution in [-0.2, 0) is 0 Å². The SMILES string of the molecule is CC1=NC(C)=C(C#N)C(c2cccc(-c3cncnc3)c2)C1C#N. The Morgan fingerprint density at radius 1 is 1.04 bits per heavy atom. The maximum absolute atomic E-state index is 9.60. The first-order chi connectivity index (χ1) is 11.7. The number of hydrogen-bond acceptors (Lipinski definition) is 5. The van der Waals surface area contributed by atoms with Gasteiger partial charge in [-0.15, -0.1) is 0 Å². The number of aliphatic imine (C=N–C) groups is 1. The molecule has 0 spiro atoms. The molecule has 5 nitrogen and oxygen atoms in total. The molecule has 0 saturated heterocycles. The molecule has 24 heavy (non-hydrogen) atoms. The average molecular weight is 313 g/mol. The van der Waals surface area contributed by atoms with Gasteiger partial charge < -0.3 is 0 Å². The molecule has 0 amide bonds. The normalized spacial score (nSPS) is 20.1. The van der Waals surface area contributed by atoms with Crippen molar-refractivity contribution in [1.29, 1.82) is 10.5 Å². The van der Waals surface area contributed by atoms with Gasteiger partial charge in [-0.05, 0) is 25.0 Å². The molecule has 5 heteroatoms. The average Bonchev–Trinajstić information content (AvgIpc) is 2.62. The quantitative estimate of drug-likeness (QED) is 0.847. The number of hydrogen-bond donors (Lipinski definition) is 0. The van der Waals surface area contributed by atoms with Crippen LogP contribution >= 0.6 is 0 Å². The minimum Gasteiger partial charge on any atom is -0.260 e. The van der Waals surface area contributed by atoms with Gasteiger partial charge >= 0.3 is 0 Å². The predicted molar refractivity (Wildman–Crippen MR) is 90.7 cm³/mol. The van der Waals surface area contributed by atoms with Gasteiger partial charge in [0.05, 0.1) is 29.3 Å². The Balaban J connectivity index is 2.13. The summed E-state index contributed by atoms with van der Waals surface area (Å²) in [5.41, 5.74) is 4.75. The third-order valence-electron chi connectivity index (χ3n) is 4.23. The summed E-state index contributed by atoms with van der Waals surface area (Å²) in [6, 6.07) is 12.4. The molecule has 0 bridgehead atoms. The van der Waals surface area contributed by atoms with Crippen LogP contribution in [0.3, 0.4) is 0 Å². The molecule has 2 aromatic rings. The van der Waals surface area contributed by atoms with E-state index in [-0.39, 0.29) is 5.92 Å². The molecule has 0 aliphatic carbocycles. The smallest absolute Gasteiger partial charge is 0.115 e. The standard InChI is InChI=1S/C19H15N5/c1-12-17(7-20)19(18(8-21)13(2)24-12)15-5-3-4-14(6-15)16-9-22-11-23-10-16/h3-6,9-11,17,19H,1-2H3. The Labute approximate surface area is 140 Å². The van der Waals surface area contributed by atoms with E-state index in [1.165, 1.54) is 6.33 Å². The second kappa shape index (κ2) is 6.44. The number of rotatable bonds is 2. The monoisotopic (exact) mass is 313 g/mol. The maximum atomic E-state index is 9.60. The zero-order valence-electron chi connectivity index (χ0n) is 13.4. The van der Waals surface area contributed by atoms with E-state index >= 15 is 0 Å². The zero-order chi connectivity index (χ0) is 17.1. The molecule has 1 aromatic carbocycles. The van der Waals surface area contributed by atoms with Crippen molar-refractivity contribution >= 4 is 5.71 Å². The molecule has 3 rings (SSSR count). The second-order valence-corrected chi connectivity index (χ2v) is 5.70. The Kier molecular flexibility index (Phi) is 4.18. The minimum absolute atomic E-state index is 0.304. The lowest BCUT2D eigenvalue weighted by molar-refractivity contribution is 0.704. The lowest BCUT2D eigenvalue weighted by atomic mass is 9.76. The molecule has 0 fully saturated rings. The fourth-order valence-corrected chi connectivity index (χ4v) is 3.06. The molecule has 1 aromatic heterocycles. The summed E-state index contributed by atoms with van der Waals surface area (Å²) in [5.74, 6) is -0.743. The number of nitriles is 2. The lowest BCUT2D eigenvalue weighted by Crippen LogP contribution is -2.24. The largest absolute Gasteiger partial charge is 0.260 e. The molecule has 2 atom stereocenters. The van der Waals surface area contributed by atoms with Crippen LogP contribution in [-0.4, -0.2) is 15.7 Å². The van der Waals surface area contributed by atoms with Gasteiger partial charge in [-0.1, -0.05) is 24.3 Å². The number of benzene rings is 1. The van der Waals surface area contributed by atoms with Gasteiger partial charge in [0.15, 0.2) is 0 Å². The van der Waals surface area contributed by atoms with Crippen molar-refractivity contribution < 1.29 is 0 Å². The summed E-state index contributed by atoms with van der Waals surface area (Å²) >= 11 is 0. The van der Waals surface area contributed by atoms with Crippen LogP contribution in [0.1, 0.15) is 25.3 Å². The molecular weight excluding hydrogens is 298 g/mol. The maximum Gasteiger partial charge on any atom is 0.115 e. The van der Waals surface area contributed by atoms with E-state index in [0.29, 0.717) is 11.3 Å². The van der Waals surface area contributed by atoms with E-state index in [2.05, 4.69) is 27.1 Å². The van der Waals surface area contributed by atoms with Gasteiger partial charge in [-0.25, -0.2) is 9.97 Å². The fourth-order valence-electron chi connectivity index (χ4n) is 3.06. The highest BCUT2D eigenvalue weighted by atomic mass is 14.8. The summed E-state index contributed by atoms with van der Waals surface area (Å²) in [6.45, 7) is 3.66. The van der Waals surface area contributed by atoms with E-state index in [1.807, 2.05) is 38.1 Å². The molecule has 1 aliphatic heterocycles. The van der Waals surface area contributed by atoms with Crippen molar-refractivity contribution in [3.63, 3.8) is 0 Å². The Morgan fingerprint density at radius 2 is 1.79 bits per heavy atom. The molecule has 116 valence electrons. The van der Waals surface area contributed by atoms with Crippen molar-refractivity contribution in [2.75, 3.05) is 0 Å². The van der Waals surface area contributed by atoms with Gasteiger partial charge in [-0.3, -0.25) is 4.99 Å². The van der Waals surface area contributed by atoms with Crippen molar-refractivity contribution in [3.05, 3.63) is 59.8 Å². The van der Waals surface area contributed by atoms with Crippen LogP contribution in [0, 0.1) is 28.6 Å². The van der Waals surface area contributed by atoms with Crippen molar-refractivity contribution in [1.82, 2.24) is 9.97 Å². The van der Waals surface area contributed by atoms with Crippen molar-refractivity contribution in [2.45, 2.75) is 19.8 Å². The van der Waals surface area contributed by atoms with Gasteiger partial charge in [0.1, 0.15) is 6.33 Å². The Hall–Kier alpha value is -3.31. The first kappa shape index (κ1) is 15.6. The van der Waals surface area contributed by atoms with Crippen LogP contribution in [0.4, 0.5) is 0 Å². The summed E-state index contributed by atoms with van der Waals surface area (Å²) in [6.07, 6.45) is 4.97. The van der Waals surface area contributed by atoms with Gasteiger partial charge in [0.2, 0.25) is 0 Å². The number of nitrogens with zero attached hydrogens (tertiary/aromatic N) is 5. The van der Waals surface area contributed by atoms with Crippen molar-refractivity contribution in [3.8, 4) is 23.3 Å².